The molecule has 0 saturated heterocycles. The SMILES string of the molecule is CC(C)NC1(CO)CCCC(OCCC(F)(F)F)C1. The summed E-state index contributed by atoms with van der Waals surface area (Å²) in [5.74, 6) is 0. The highest BCUT2D eigenvalue weighted by atomic mass is 19.4. The first-order valence-corrected chi connectivity index (χ1v) is 6.83. The monoisotopic (exact) mass is 283 g/mol. The molecule has 0 aromatic heterocycles. The third-order valence-electron chi connectivity index (χ3n) is 3.44. The first-order valence-electron chi connectivity index (χ1n) is 6.83. The van der Waals surface area contributed by atoms with Crippen LogP contribution in [0.5, 0.6) is 0 Å². The van der Waals surface area contributed by atoms with Crippen LogP contribution in [0.15, 0.2) is 0 Å². The highest BCUT2D eigenvalue weighted by molar-refractivity contribution is 4.94. The minimum Gasteiger partial charge on any atom is -0.394 e. The van der Waals surface area contributed by atoms with Gasteiger partial charge < -0.3 is 15.2 Å². The zero-order valence-corrected chi connectivity index (χ0v) is 11.6. The van der Waals surface area contributed by atoms with Crippen molar-refractivity contribution in [3.8, 4) is 0 Å². The van der Waals surface area contributed by atoms with Crippen molar-refractivity contribution in [2.45, 2.75) is 69.8 Å². The lowest BCUT2D eigenvalue weighted by atomic mass is 9.80. The number of aliphatic hydroxyl groups excluding tert-OH is 1. The van der Waals surface area contributed by atoms with Gasteiger partial charge >= 0.3 is 6.18 Å². The predicted octanol–water partition coefficient (Wildman–Crippen LogP) is 2.63. The molecule has 2 N–H and O–H groups in total. The zero-order valence-electron chi connectivity index (χ0n) is 11.6. The minimum atomic E-state index is -4.17. The number of alkyl halides is 3. The first kappa shape index (κ1) is 16.7. The number of rotatable bonds is 6. The fourth-order valence-electron chi connectivity index (χ4n) is 2.72. The first-order chi connectivity index (χ1) is 8.76. The Morgan fingerprint density at radius 2 is 2.11 bits per heavy atom. The second kappa shape index (κ2) is 6.90. The third-order valence-corrected chi connectivity index (χ3v) is 3.44. The van der Waals surface area contributed by atoms with E-state index in [9.17, 15) is 18.3 Å². The van der Waals surface area contributed by atoms with Gasteiger partial charge in [-0.2, -0.15) is 13.2 Å². The molecule has 1 saturated carbocycles. The summed E-state index contributed by atoms with van der Waals surface area (Å²) in [5.41, 5.74) is -0.407. The molecule has 0 heterocycles. The van der Waals surface area contributed by atoms with Crippen molar-refractivity contribution in [2.75, 3.05) is 13.2 Å². The van der Waals surface area contributed by atoms with Gasteiger partial charge in [-0.15, -0.1) is 0 Å². The van der Waals surface area contributed by atoms with E-state index in [0.29, 0.717) is 6.42 Å². The number of halogens is 3. The zero-order chi connectivity index (χ0) is 14.5. The van der Waals surface area contributed by atoms with Crippen molar-refractivity contribution < 1.29 is 23.0 Å². The molecule has 1 rings (SSSR count). The lowest BCUT2D eigenvalue weighted by Crippen LogP contribution is -2.55. The molecule has 19 heavy (non-hydrogen) atoms. The van der Waals surface area contributed by atoms with Crippen LogP contribution in [0.25, 0.3) is 0 Å². The standard InChI is InChI=1S/C13H24F3NO2/c1-10(2)17-12(9-18)5-3-4-11(8-12)19-7-6-13(14,15)16/h10-11,17-18H,3-9H2,1-2H3. The fraction of sp³-hybridized carbons (Fsp3) is 1.00. The van der Waals surface area contributed by atoms with Crippen molar-refractivity contribution in [2.24, 2.45) is 0 Å². The molecule has 1 fully saturated rings. The summed E-state index contributed by atoms with van der Waals surface area (Å²) in [4.78, 5) is 0. The number of nitrogens with one attached hydrogen (secondary N) is 1. The van der Waals surface area contributed by atoms with E-state index in [1.165, 1.54) is 0 Å². The maximum absolute atomic E-state index is 12.1. The highest BCUT2D eigenvalue weighted by Crippen LogP contribution is 2.31. The summed E-state index contributed by atoms with van der Waals surface area (Å²) in [7, 11) is 0. The highest BCUT2D eigenvalue weighted by Gasteiger charge is 2.37. The molecule has 0 spiro atoms. The van der Waals surface area contributed by atoms with Crippen LogP contribution in [0.1, 0.15) is 46.0 Å². The normalized spacial score (nSPS) is 28.9. The molecule has 0 radical (unpaired) electrons. The van der Waals surface area contributed by atoms with Gasteiger partial charge in [0.25, 0.3) is 0 Å². The molecular formula is C13H24F3NO2. The van der Waals surface area contributed by atoms with E-state index in [1.54, 1.807) is 0 Å². The molecule has 3 nitrogen and oxygen atoms in total. The van der Waals surface area contributed by atoms with Gasteiger partial charge in [0.1, 0.15) is 0 Å². The van der Waals surface area contributed by atoms with Gasteiger partial charge in [-0.3, -0.25) is 0 Å². The van der Waals surface area contributed by atoms with E-state index in [0.717, 1.165) is 19.3 Å². The summed E-state index contributed by atoms with van der Waals surface area (Å²) < 4.78 is 41.5. The molecule has 0 amide bonds. The largest absolute Gasteiger partial charge is 0.394 e. The van der Waals surface area contributed by atoms with Crippen LogP contribution in [-0.4, -0.2) is 42.2 Å². The Bertz CT molecular complexity index is 271. The van der Waals surface area contributed by atoms with Gasteiger partial charge in [-0.1, -0.05) is 13.8 Å². The predicted molar refractivity (Wildman–Crippen MR) is 67.0 cm³/mol. The topological polar surface area (TPSA) is 41.5 Å². The summed E-state index contributed by atoms with van der Waals surface area (Å²) in [6.45, 7) is 3.68. The molecule has 1 aliphatic rings. The van der Waals surface area contributed by atoms with Gasteiger partial charge in [0, 0.05) is 11.6 Å². The number of ether oxygens (including phenoxy) is 1. The van der Waals surface area contributed by atoms with Crippen molar-refractivity contribution in [1.29, 1.82) is 0 Å². The van der Waals surface area contributed by atoms with Crippen LogP contribution in [0.2, 0.25) is 0 Å². The van der Waals surface area contributed by atoms with Crippen LogP contribution in [0, 0.1) is 0 Å². The Hall–Kier alpha value is -0.330. The molecule has 1 aliphatic carbocycles. The van der Waals surface area contributed by atoms with Gasteiger partial charge in [0.2, 0.25) is 0 Å². The van der Waals surface area contributed by atoms with Gasteiger partial charge in [0.05, 0.1) is 25.7 Å². The summed E-state index contributed by atoms with van der Waals surface area (Å²) >= 11 is 0. The molecule has 6 heteroatoms. The molecule has 0 aliphatic heterocycles. The summed E-state index contributed by atoms with van der Waals surface area (Å²) in [6.07, 6.45) is -2.25. The van der Waals surface area contributed by atoms with E-state index in [-0.39, 0.29) is 25.4 Å². The van der Waals surface area contributed by atoms with Gasteiger partial charge in [-0.05, 0) is 25.7 Å². The van der Waals surface area contributed by atoms with Crippen LogP contribution < -0.4 is 5.32 Å². The maximum atomic E-state index is 12.1. The molecule has 2 unspecified atom stereocenters. The van der Waals surface area contributed by atoms with Gasteiger partial charge in [-0.25, -0.2) is 0 Å². The van der Waals surface area contributed by atoms with E-state index in [1.807, 2.05) is 13.8 Å². The lowest BCUT2D eigenvalue weighted by molar-refractivity contribution is -0.151. The molecule has 0 aromatic carbocycles. The van der Waals surface area contributed by atoms with Crippen LogP contribution in [-0.2, 0) is 4.74 Å². The van der Waals surface area contributed by atoms with Crippen molar-refractivity contribution in [3.05, 3.63) is 0 Å². The van der Waals surface area contributed by atoms with E-state index in [2.05, 4.69) is 5.32 Å². The smallest absolute Gasteiger partial charge is 0.391 e. The number of hydrogen-bond acceptors (Lipinski definition) is 3. The molecule has 0 aromatic rings. The Labute approximate surface area is 112 Å². The van der Waals surface area contributed by atoms with E-state index in [4.69, 9.17) is 4.74 Å². The Morgan fingerprint density at radius 3 is 2.63 bits per heavy atom. The van der Waals surface area contributed by atoms with Crippen molar-refractivity contribution in [1.82, 2.24) is 5.32 Å². The molecule has 2 atom stereocenters. The lowest BCUT2D eigenvalue weighted by Gasteiger charge is -2.41. The van der Waals surface area contributed by atoms with Crippen LogP contribution >= 0.6 is 0 Å². The maximum Gasteiger partial charge on any atom is 0.391 e. The van der Waals surface area contributed by atoms with Crippen LogP contribution in [0.3, 0.4) is 0 Å². The minimum absolute atomic E-state index is 0.00961. The summed E-state index contributed by atoms with van der Waals surface area (Å²) in [5, 5.41) is 12.9. The van der Waals surface area contributed by atoms with E-state index >= 15 is 0 Å². The number of aliphatic hydroxyl groups is 1. The Balaban J connectivity index is 2.44. The molecular weight excluding hydrogens is 259 g/mol. The van der Waals surface area contributed by atoms with Gasteiger partial charge in [0.15, 0.2) is 0 Å². The average Bonchev–Trinajstić information content (AvgIpc) is 2.27. The Kier molecular flexibility index (Phi) is 6.08. The summed E-state index contributed by atoms with van der Waals surface area (Å²) in [6, 6.07) is 0.223. The number of hydrogen-bond donors (Lipinski definition) is 2. The molecule has 0 bridgehead atoms. The van der Waals surface area contributed by atoms with Crippen molar-refractivity contribution >= 4 is 0 Å². The average molecular weight is 283 g/mol. The van der Waals surface area contributed by atoms with E-state index < -0.39 is 18.1 Å². The second-order valence-electron chi connectivity index (χ2n) is 5.69. The van der Waals surface area contributed by atoms with Crippen molar-refractivity contribution in [3.63, 3.8) is 0 Å². The Morgan fingerprint density at radius 1 is 1.42 bits per heavy atom. The quantitative estimate of drug-likeness (QED) is 0.787. The third kappa shape index (κ3) is 6.10. The molecule has 114 valence electrons. The van der Waals surface area contributed by atoms with Crippen LogP contribution in [0.4, 0.5) is 13.2 Å². The second-order valence-corrected chi connectivity index (χ2v) is 5.69. The fourth-order valence-corrected chi connectivity index (χ4v) is 2.72.